The number of hydrogen-bond donors (Lipinski definition) is 2. The predicted molar refractivity (Wildman–Crippen MR) is 78.0 cm³/mol. The lowest BCUT2D eigenvalue weighted by Crippen LogP contribution is -2.49. The minimum Gasteiger partial charge on any atom is -0.481 e. The number of urea groups is 1. The number of carboxylic acid groups (broad SMARTS) is 1. The van der Waals surface area contributed by atoms with Crippen molar-refractivity contribution in [2.45, 2.75) is 38.6 Å². The zero-order valence-corrected chi connectivity index (χ0v) is 12.9. The number of amides is 2. The molecule has 1 saturated carbocycles. The predicted octanol–water partition coefficient (Wildman–Crippen LogP) is 1.55. The summed E-state index contributed by atoms with van der Waals surface area (Å²) in [7, 11) is 1.65. The van der Waals surface area contributed by atoms with Crippen molar-refractivity contribution in [3.8, 4) is 0 Å². The molecule has 1 aliphatic heterocycles. The van der Waals surface area contributed by atoms with Crippen LogP contribution in [0.1, 0.15) is 32.6 Å². The van der Waals surface area contributed by atoms with Crippen LogP contribution in [0.5, 0.6) is 0 Å². The average molecular weight is 298 g/mol. The van der Waals surface area contributed by atoms with Gasteiger partial charge in [0.15, 0.2) is 0 Å². The second kappa shape index (κ2) is 7.11. The number of rotatable bonds is 4. The third-order valence-electron chi connectivity index (χ3n) is 4.99. The third-order valence-corrected chi connectivity index (χ3v) is 4.99. The summed E-state index contributed by atoms with van der Waals surface area (Å²) in [6.07, 6.45) is 4.91. The van der Waals surface area contributed by atoms with Gasteiger partial charge in [0, 0.05) is 13.6 Å². The van der Waals surface area contributed by atoms with Crippen molar-refractivity contribution in [3.05, 3.63) is 0 Å². The largest absolute Gasteiger partial charge is 0.481 e. The number of nitrogens with zero attached hydrogens (tertiary/aromatic N) is 1. The average Bonchev–Trinajstić information content (AvgIpc) is 2.95. The number of likely N-dealkylation sites (N-methyl/N-ethyl adjacent to an activating group) is 1. The van der Waals surface area contributed by atoms with E-state index in [1.807, 2.05) is 0 Å². The SMILES string of the molecule is CC1CCCCC1CNC(=O)N(C)C1COCC1C(=O)O. The molecule has 1 saturated heterocycles. The summed E-state index contributed by atoms with van der Waals surface area (Å²) < 4.78 is 5.21. The van der Waals surface area contributed by atoms with Gasteiger partial charge >= 0.3 is 12.0 Å². The summed E-state index contributed by atoms with van der Waals surface area (Å²) in [5, 5.41) is 12.1. The molecule has 4 unspecified atom stereocenters. The van der Waals surface area contributed by atoms with Crippen molar-refractivity contribution >= 4 is 12.0 Å². The lowest BCUT2D eigenvalue weighted by molar-refractivity contribution is -0.142. The topological polar surface area (TPSA) is 78.9 Å². The second-order valence-electron chi connectivity index (χ2n) is 6.37. The fourth-order valence-electron chi connectivity index (χ4n) is 3.35. The zero-order valence-electron chi connectivity index (χ0n) is 12.9. The van der Waals surface area contributed by atoms with Gasteiger partial charge in [0.05, 0.1) is 19.3 Å². The Hall–Kier alpha value is -1.30. The molecule has 2 rings (SSSR count). The summed E-state index contributed by atoms with van der Waals surface area (Å²) in [5.41, 5.74) is 0. The summed E-state index contributed by atoms with van der Waals surface area (Å²) in [4.78, 5) is 24.8. The maximum atomic E-state index is 12.2. The molecule has 0 spiro atoms. The number of carbonyl (C=O) groups excluding carboxylic acids is 1. The van der Waals surface area contributed by atoms with Gasteiger partial charge in [-0.25, -0.2) is 4.79 Å². The van der Waals surface area contributed by atoms with E-state index in [1.54, 1.807) is 7.05 Å². The van der Waals surface area contributed by atoms with Gasteiger partial charge in [0.1, 0.15) is 5.92 Å². The van der Waals surface area contributed by atoms with Crippen LogP contribution in [0.2, 0.25) is 0 Å². The summed E-state index contributed by atoms with van der Waals surface area (Å²) in [6, 6.07) is -0.583. The molecule has 0 aromatic heterocycles. The minimum atomic E-state index is -0.905. The van der Waals surface area contributed by atoms with E-state index in [9.17, 15) is 9.59 Å². The monoisotopic (exact) mass is 298 g/mol. The van der Waals surface area contributed by atoms with Crippen LogP contribution in [0, 0.1) is 17.8 Å². The number of carbonyl (C=O) groups is 2. The van der Waals surface area contributed by atoms with E-state index in [0.717, 1.165) is 6.42 Å². The van der Waals surface area contributed by atoms with Crippen LogP contribution in [-0.4, -0.2) is 54.9 Å². The van der Waals surface area contributed by atoms with Gasteiger partial charge in [-0.1, -0.05) is 26.2 Å². The van der Waals surface area contributed by atoms with E-state index in [-0.39, 0.29) is 18.7 Å². The van der Waals surface area contributed by atoms with Crippen LogP contribution in [-0.2, 0) is 9.53 Å². The number of hydrogen-bond acceptors (Lipinski definition) is 3. The fourth-order valence-corrected chi connectivity index (χ4v) is 3.35. The van der Waals surface area contributed by atoms with Crippen molar-refractivity contribution in [2.75, 3.05) is 26.8 Å². The summed E-state index contributed by atoms with van der Waals surface area (Å²) in [6.45, 7) is 3.39. The van der Waals surface area contributed by atoms with E-state index in [1.165, 1.54) is 24.2 Å². The van der Waals surface area contributed by atoms with Gasteiger partial charge in [-0.15, -0.1) is 0 Å². The van der Waals surface area contributed by atoms with Crippen molar-refractivity contribution in [3.63, 3.8) is 0 Å². The van der Waals surface area contributed by atoms with Crippen molar-refractivity contribution < 1.29 is 19.4 Å². The molecule has 0 radical (unpaired) electrons. The Balaban J connectivity index is 1.83. The smallest absolute Gasteiger partial charge is 0.317 e. The molecular weight excluding hydrogens is 272 g/mol. The summed E-state index contributed by atoms with van der Waals surface area (Å²) in [5.74, 6) is -0.357. The van der Waals surface area contributed by atoms with Crippen molar-refractivity contribution in [2.24, 2.45) is 17.8 Å². The van der Waals surface area contributed by atoms with Gasteiger partial charge in [-0.3, -0.25) is 4.79 Å². The molecule has 6 nitrogen and oxygen atoms in total. The number of ether oxygens (including phenoxy) is 1. The molecule has 0 bridgehead atoms. The molecule has 2 N–H and O–H groups in total. The van der Waals surface area contributed by atoms with Gasteiger partial charge in [0.2, 0.25) is 0 Å². The molecule has 2 amide bonds. The Morgan fingerprint density at radius 3 is 2.67 bits per heavy atom. The molecule has 0 aromatic carbocycles. The Morgan fingerprint density at radius 1 is 1.29 bits per heavy atom. The number of carboxylic acids is 1. The second-order valence-corrected chi connectivity index (χ2v) is 6.37. The molecular formula is C15H26N2O4. The first kappa shape index (κ1) is 16.1. The van der Waals surface area contributed by atoms with Gasteiger partial charge in [-0.05, 0) is 18.3 Å². The van der Waals surface area contributed by atoms with Crippen LogP contribution in [0.15, 0.2) is 0 Å². The van der Waals surface area contributed by atoms with Gasteiger partial charge < -0.3 is 20.1 Å². The van der Waals surface area contributed by atoms with Gasteiger partial charge in [-0.2, -0.15) is 0 Å². The first-order valence-electron chi connectivity index (χ1n) is 7.82. The lowest BCUT2D eigenvalue weighted by atomic mass is 9.80. The number of aliphatic carboxylic acids is 1. The Labute approximate surface area is 125 Å². The van der Waals surface area contributed by atoms with Crippen LogP contribution in [0.3, 0.4) is 0 Å². The fraction of sp³-hybridized carbons (Fsp3) is 0.867. The quantitative estimate of drug-likeness (QED) is 0.825. The van der Waals surface area contributed by atoms with E-state index >= 15 is 0 Å². The van der Waals surface area contributed by atoms with E-state index < -0.39 is 11.9 Å². The highest BCUT2D eigenvalue weighted by atomic mass is 16.5. The van der Waals surface area contributed by atoms with Crippen LogP contribution >= 0.6 is 0 Å². The Bertz CT molecular complexity index is 388. The molecule has 0 aromatic rings. The van der Waals surface area contributed by atoms with Crippen LogP contribution < -0.4 is 5.32 Å². The Kier molecular flexibility index (Phi) is 5.45. The summed E-state index contributed by atoms with van der Waals surface area (Å²) >= 11 is 0. The molecule has 120 valence electrons. The van der Waals surface area contributed by atoms with Crippen molar-refractivity contribution in [1.29, 1.82) is 0 Å². The molecule has 2 aliphatic rings. The molecule has 1 aliphatic carbocycles. The molecule has 1 heterocycles. The molecule has 4 atom stereocenters. The highest BCUT2D eigenvalue weighted by Gasteiger charge is 2.38. The highest BCUT2D eigenvalue weighted by molar-refractivity contribution is 5.77. The van der Waals surface area contributed by atoms with Crippen LogP contribution in [0.4, 0.5) is 4.79 Å². The number of nitrogens with one attached hydrogen (secondary N) is 1. The zero-order chi connectivity index (χ0) is 15.4. The van der Waals surface area contributed by atoms with Crippen molar-refractivity contribution in [1.82, 2.24) is 10.2 Å². The first-order chi connectivity index (χ1) is 10.0. The molecule has 6 heteroatoms. The van der Waals surface area contributed by atoms with E-state index in [2.05, 4.69) is 12.2 Å². The normalized spacial score (nSPS) is 32.7. The van der Waals surface area contributed by atoms with E-state index in [0.29, 0.717) is 25.0 Å². The lowest BCUT2D eigenvalue weighted by Gasteiger charge is -2.31. The van der Waals surface area contributed by atoms with Gasteiger partial charge in [0.25, 0.3) is 0 Å². The Morgan fingerprint density at radius 2 is 2.00 bits per heavy atom. The van der Waals surface area contributed by atoms with E-state index in [4.69, 9.17) is 9.84 Å². The highest BCUT2D eigenvalue weighted by Crippen LogP contribution is 2.29. The molecule has 21 heavy (non-hydrogen) atoms. The minimum absolute atomic E-state index is 0.178. The first-order valence-corrected chi connectivity index (χ1v) is 7.82. The maximum absolute atomic E-state index is 12.2. The standard InChI is InChI=1S/C15H26N2O4/c1-10-5-3-4-6-11(10)7-16-15(20)17(2)13-9-21-8-12(13)14(18)19/h10-13H,3-9H2,1-2H3,(H,16,20)(H,18,19). The maximum Gasteiger partial charge on any atom is 0.317 e. The van der Waals surface area contributed by atoms with Crippen LogP contribution in [0.25, 0.3) is 0 Å². The third kappa shape index (κ3) is 3.87. The molecule has 2 fully saturated rings.